The van der Waals surface area contributed by atoms with Crippen molar-refractivity contribution in [2.24, 2.45) is 0 Å². The first kappa shape index (κ1) is 24.4. The summed E-state index contributed by atoms with van der Waals surface area (Å²) in [6, 6.07) is 8.27. The van der Waals surface area contributed by atoms with Gasteiger partial charge in [-0.05, 0) is 60.5 Å². The smallest absolute Gasteiger partial charge is 0.294 e. The van der Waals surface area contributed by atoms with E-state index in [1.165, 1.54) is 50.4 Å². The number of sulfone groups is 1. The number of nitrogens with zero attached hydrogens (tertiary/aromatic N) is 3. The van der Waals surface area contributed by atoms with Gasteiger partial charge < -0.3 is 15.4 Å². The Morgan fingerprint density at radius 3 is 2.27 bits per heavy atom. The van der Waals surface area contributed by atoms with Crippen molar-refractivity contribution in [2.45, 2.75) is 16.7 Å². The lowest BCUT2D eigenvalue weighted by Crippen LogP contribution is -2.06. The predicted octanol–water partition coefficient (Wildman–Crippen LogP) is 3.49. The lowest BCUT2D eigenvalue weighted by atomic mass is 10.2. The van der Waals surface area contributed by atoms with E-state index in [-0.39, 0.29) is 32.7 Å². The van der Waals surface area contributed by atoms with Crippen molar-refractivity contribution in [1.29, 1.82) is 0 Å². The van der Waals surface area contributed by atoms with Crippen LogP contribution in [0.4, 0.5) is 23.3 Å². The van der Waals surface area contributed by atoms with Gasteiger partial charge in [-0.3, -0.25) is 4.55 Å². The Bertz CT molecular complexity index is 1450. The summed E-state index contributed by atoms with van der Waals surface area (Å²) in [4.78, 5) is 11.9. The van der Waals surface area contributed by atoms with Crippen LogP contribution in [0.15, 0.2) is 58.2 Å². The van der Waals surface area contributed by atoms with Crippen molar-refractivity contribution >= 4 is 54.8 Å². The summed E-state index contributed by atoms with van der Waals surface area (Å²) in [5.74, 6) is 0.320. The molecule has 2 aromatic carbocycles. The summed E-state index contributed by atoms with van der Waals surface area (Å²) in [5, 5.41) is 6.36. The molecule has 0 saturated heterocycles. The molecule has 11 nitrogen and oxygen atoms in total. The van der Waals surface area contributed by atoms with Crippen LogP contribution in [0.1, 0.15) is 5.56 Å². The second-order valence-electron chi connectivity index (χ2n) is 6.53. The maximum atomic E-state index is 12.1. The Balaban J connectivity index is 1.94. The molecule has 0 spiro atoms. The molecule has 0 bridgehead atoms. The minimum Gasteiger partial charge on any atom is -0.495 e. The normalized spacial score (nSPS) is 11.6. The topological polar surface area (TPSA) is 160 Å². The molecule has 1 heterocycles. The van der Waals surface area contributed by atoms with Gasteiger partial charge in [-0.1, -0.05) is 6.58 Å². The van der Waals surface area contributed by atoms with Crippen molar-refractivity contribution in [1.82, 2.24) is 15.0 Å². The number of halogens is 1. The quantitative estimate of drug-likeness (QED) is 0.379. The second kappa shape index (κ2) is 9.31. The molecule has 3 N–H and O–H groups in total. The fourth-order valence-electron chi connectivity index (χ4n) is 2.79. The first-order valence-corrected chi connectivity index (χ1v) is 12.4. The minimum atomic E-state index is -4.35. The molecule has 33 heavy (non-hydrogen) atoms. The fourth-order valence-corrected chi connectivity index (χ4v) is 4.38. The van der Waals surface area contributed by atoms with E-state index < -0.39 is 20.0 Å². The Hall–Kier alpha value is -3.26. The summed E-state index contributed by atoms with van der Waals surface area (Å²) < 4.78 is 61.5. The van der Waals surface area contributed by atoms with Crippen LogP contribution in [0.3, 0.4) is 0 Å². The van der Waals surface area contributed by atoms with Gasteiger partial charge in [0.15, 0.2) is 9.84 Å². The lowest BCUT2D eigenvalue weighted by molar-refractivity contribution is 0.416. The molecule has 0 radical (unpaired) electrons. The summed E-state index contributed by atoms with van der Waals surface area (Å²) in [6.45, 7) is 4.82. The molecule has 0 atom stereocenters. The maximum Gasteiger partial charge on any atom is 0.294 e. The zero-order valence-corrected chi connectivity index (χ0v) is 19.7. The standard InChI is InChI=1S/C19H18ClN5O6S2/c1-4-32(26,27)13-6-7-15(31-3)14(10-13)22-19-24-17(20)23-18(25-19)21-12-5-8-16(11(2)9-12)33(28,29)30/h4-10H,1H2,2-3H3,(H,28,29,30)(H2,21,22,23,24,25). The Labute approximate surface area is 195 Å². The molecule has 0 aliphatic carbocycles. The van der Waals surface area contributed by atoms with Crippen LogP contribution in [-0.2, 0) is 20.0 Å². The lowest BCUT2D eigenvalue weighted by Gasteiger charge is -2.13. The van der Waals surface area contributed by atoms with Crippen molar-refractivity contribution in [3.8, 4) is 5.75 Å². The first-order valence-electron chi connectivity index (χ1n) is 9.02. The van der Waals surface area contributed by atoms with E-state index in [0.717, 1.165) is 5.41 Å². The fraction of sp³-hybridized carbons (Fsp3) is 0.105. The van der Waals surface area contributed by atoms with E-state index in [0.29, 0.717) is 17.0 Å². The monoisotopic (exact) mass is 511 g/mol. The average Bonchev–Trinajstić information content (AvgIpc) is 2.72. The van der Waals surface area contributed by atoms with E-state index in [2.05, 4.69) is 32.2 Å². The molecule has 0 aliphatic heterocycles. The average molecular weight is 512 g/mol. The number of aromatic nitrogens is 3. The largest absolute Gasteiger partial charge is 0.495 e. The Morgan fingerprint density at radius 2 is 1.70 bits per heavy atom. The van der Waals surface area contributed by atoms with Crippen molar-refractivity contribution in [2.75, 3.05) is 17.7 Å². The van der Waals surface area contributed by atoms with Crippen LogP contribution in [0.5, 0.6) is 5.75 Å². The third-order valence-electron chi connectivity index (χ3n) is 4.28. The van der Waals surface area contributed by atoms with Crippen LogP contribution in [0, 0.1) is 6.92 Å². The van der Waals surface area contributed by atoms with Gasteiger partial charge in [-0.15, -0.1) is 0 Å². The summed E-state index contributed by atoms with van der Waals surface area (Å²) in [5.41, 5.74) is 0.970. The molecule has 3 aromatic rings. The molecule has 14 heteroatoms. The number of rotatable bonds is 8. The van der Waals surface area contributed by atoms with Crippen molar-refractivity contribution in [3.63, 3.8) is 0 Å². The third-order valence-corrected chi connectivity index (χ3v) is 6.82. The van der Waals surface area contributed by atoms with Crippen LogP contribution in [0.2, 0.25) is 5.28 Å². The highest BCUT2D eigenvalue weighted by Crippen LogP contribution is 2.30. The molecule has 3 rings (SSSR count). The highest BCUT2D eigenvalue weighted by atomic mass is 35.5. The van der Waals surface area contributed by atoms with E-state index in [1.807, 2.05) is 0 Å². The molecule has 1 aromatic heterocycles. The minimum absolute atomic E-state index is 0.0183. The number of aryl methyl sites for hydroxylation is 1. The number of hydrogen-bond acceptors (Lipinski definition) is 10. The van der Waals surface area contributed by atoms with Crippen LogP contribution < -0.4 is 15.4 Å². The maximum absolute atomic E-state index is 12.1. The molecule has 0 amide bonds. The highest BCUT2D eigenvalue weighted by molar-refractivity contribution is 7.94. The van der Waals surface area contributed by atoms with Crippen LogP contribution in [0.25, 0.3) is 0 Å². The number of methoxy groups -OCH3 is 1. The Morgan fingerprint density at radius 1 is 1.03 bits per heavy atom. The van der Waals surface area contributed by atoms with E-state index in [9.17, 15) is 21.4 Å². The summed E-state index contributed by atoms with van der Waals surface area (Å²) in [7, 11) is -6.64. The SMILES string of the molecule is C=CS(=O)(=O)c1ccc(OC)c(Nc2nc(Cl)nc(Nc3ccc(S(=O)(=O)O)c(C)c3)n2)c1. The van der Waals surface area contributed by atoms with Crippen LogP contribution in [-0.4, -0.2) is 43.5 Å². The first-order chi connectivity index (χ1) is 15.4. The second-order valence-corrected chi connectivity index (χ2v) is 10.2. The molecule has 0 saturated carbocycles. The predicted molar refractivity (Wildman–Crippen MR) is 123 cm³/mol. The number of ether oxygens (including phenoxy) is 1. The summed E-state index contributed by atoms with van der Waals surface area (Å²) >= 11 is 6.00. The molecular weight excluding hydrogens is 494 g/mol. The van der Waals surface area contributed by atoms with E-state index >= 15 is 0 Å². The number of benzene rings is 2. The number of hydrogen-bond donors (Lipinski definition) is 3. The molecule has 0 aliphatic rings. The van der Waals surface area contributed by atoms with Gasteiger partial charge in [-0.2, -0.15) is 23.4 Å². The zero-order valence-electron chi connectivity index (χ0n) is 17.3. The van der Waals surface area contributed by atoms with Gasteiger partial charge in [0.05, 0.1) is 22.6 Å². The molecule has 0 unspecified atom stereocenters. The molecule has 174 valence electrons. The van der Waals surface area contributed by atoms with Gasteiger partial charge in [0, 0.05) is 11.1 Å². The van der Waals surface area contributed by atoms with Gasteiger partial charge >= 0.3 is 0 Å². The zero-order chi connectivity index (χ0) is 24.4. The van der Waals surface area contributed by atoms with Gasteiger partial charge in [-0.25, -0.2) is 8.42 Å². The third kappa shape index (κ3) is 5.76. The van der Waals surface area contributed by atoms with Gasteiger partial charge in [0.2, 0.25) is 17.2 Å². The van der Waals surface area contributed by atoms with Crippen molar-refractivity contribution in [3.05, 3.63) is 59.2 Å². The summed E-state index contributed by atoms with van der Waals surface area (Å²) in [6.07, 6.45) is 0. The van der Waals surface area contributed by atoms with Crippen molar-refractivity contribution < 1.29 is 26.1 Å². The van der Waals surface area contributed by atoms with E-state index in [1.54, 1.807) is 0 Å². The van der Waals surface area contributed by atoms with E-state index in [4.69, 9.17) is 16.3 Å². The molecular formula is C19H18ClN5O6S2. The Kier molecular flexibility index (Phi) is 6.88. The number of nitrogens with one attached hydrogen (secondary N) is 2. The van der Waals surface area contributed by atoms with Gasteiger partial charge in [0.25, 0.3) is 10.1 Å². The van der Waals surface area contributed by atoms with Crippen LogP contribution >= 0.6 is 11.6 Å². The van der Waals surface area contributed by atoms with Gasteiger partial charge in [0.1, 0.15) is 5.75 Å². The highest BCUT2D eigenvalue weighted by Gasteiger charge is 2.16. The number of anilines is 4. The molecule has 0 fully saturated rings.